The highest BCUT2D eigenvalue weighted by atomic mass is 16.5. The smallest absolute Gasteiger partial charge is 0.163 e. The van der Waals surface area contributed by atoms with E-state index in [2.05, 4.69) is 5.10 Å². The van der Waals surface area contributed by atoms with Crippen molar-refractivity contribution >= 4 is 0 Å². The summed E-state index contributed by atoms with van der Waals surface area (Å²) >= 11 is 0. The quantitative estimate of drug-likeness (QED) is 0.782. The molecule has 0 radical (unpaired) electrons. The van der Waals surface area contributed by atoms with E-state index in [9.17, 15) is 5.11 Å². The van der Waals surface area contributed by atoms with Crippen LogP contribution in [-0.4, -0.2) is 35.7 Å². The highest BCUT2D eigenvalue weighted by Gasteiger charge is 2.34. The van der Waals surface area contributed by atoms with Crippen LogP contribution in [0.4, 0.5) is 0 Å². The Bertz CT molecular complexity index is 324. The molecule has 86 valence electrons. The number of rotatable bonds is 5. The number of methoxy groups -OCH3 is 2. The molecule has 1 unspecified atom stereocenters. The Morgan fingerprint density at radius 3 is 2.67 bits per heavy atom. The Kier molecular flexibility index (Phi) is 3.71. The third kappa shape index (κ3) is 2.13. The molecule has 0 aliphatic carbocycles. The first-order valence-electron chi connectivity index (χ1n) is 4.86. The van der Waals surface area contributed by atoms with E-state index >= 15 is 0 Å². The predicted octanol–water partition coefficient (Wildman–Crippen LogP) is 0.673. The minimum atomic E-state index is -1.05. The summed E-state index contributed by atoms with van der Waals surface area (Å²) in [4.78, 5) is 0. The zero-order valence-corrected chi connectivity index (χ0v) is 9.65. The lowest BCUT2D eigenvalue weighted by Gasteiger charge is -2.26. The van der Waals surface area contributed by atoms with Crippen molar-refractivity contribution in [3.8, 4) is 5.75 Å². The lowest BCUT2D eigenvalue weighted by Crippen LogP contribution is -2.33. The van der Waals surface area contributed by atoms with Gasteiger partial charge in [0.25, 0.3) is 0 Å². The first-order valence-corrected chi connectivity index (χ1v) is 4.86. The molecule has 0 aromatic carbocycles. The van der Waals surface area contributed by atoms with Crippen LogP contribution in [0.2, 0.25) is 0 Å². The van der Waals surface area contributed by atoms with Crippen LogP contribution in [0.15, 0.2) is 6.20 Å². The molecule has 0 saturated carbocycles. The standard InChI is InChI=1S/C10H18N2O3/c1-5-10(13,7-14-3)9-8(15-4)6-11-12(9)2/h6,13H,5,7H2,1-4H3. The Balaban J connectivity index is 3.15. The van der Waals surface area contributed by atoms with Crippen molar-refractivity contribution in [2.75, 3.05) is 20.8 Å². The molecule has 0 saturated heterocycles. The van der Waals surface area contributed by atoms with Crippen molar-refractivity contribution in [2.45, 2.75) is 18.9 Å². The van der Waals surface area contributed by atoms with E-state index < -0.39 is 5.60 Å². The molecule has 0 aliphatic heterocycles. The Morgan fingerprint density at radius 1 is 1.53 bits per heavy atom. The van der Waals surface area contributed by atoms with E-state index in [1.807, 2.05) is 6.92 Å². The molecule has 0 aliphatic rings. The molecule has 0 amide bonds. The fourth-order valence-corrected chi connectivity index (χ4v) is 1.67. The fraction of sp³-hybridized carbons (Fsp3) is 0.700. The van der Waals surface area contributed by atoms with Gasteiger partial charge in [0.15, 0.2) is 5.75 Å². The molecule has 1 N–H and O–H groups in total. The van der Waals surface area contributed by atoms with E-state index in [-0.39, 0.29) is 6.61 Å². The van der Waals surface area contributed by atoms with E-state index in [0.717, 1.165) is 0 Å². The van der Waals surface area contributed by atoms with Gasteiger partial charge < -0.3 is 14.6 Å². The van der Waals surface area contributed by atoms with Crippen molar-refractivity contribution < 1.29 is 14.6 Å². The van der Waals surface area contributed by atoms with Crippen LogP contribution in [0.25, 0.3) is 0 Å². The summed E-state index contributed by atoms with van der Waals surface area (Å²) in [5, 5.41) is 14.5. The molecule has 1 aromatic rings. The Hall–Kier alpha value is -1.07. The summed E-state index contributed by atoms with van der Waals surface area (Å²) in [7, 11) is 4.89. The summed E-state index contributed by atoms with van der Waals surface area (Å²) in [6.45, 7) is 2.12. The molecular formula is C10H18N2O3. The summed E-state index contributed by atoms with van der Waals surface area (Å²) in [6.07, 6.45) is 2.13. The number of nitrogens with zero attached hydrogens (tertiary/aromatic N) is 2. The number of hydrogen-bond acceptors (Lipinski definition) is 4. The summed E-state index contributed by atoms with van der Waals surface area (Å²) in [6, 6.07) is 0. The lowest BCUT2D eigenvalue weighted by molar-refractivity contribution is -0.0456. The van der Waals surface area contributed by atoms with Crippen molar-refractivity contribution in [1.29, 1.82) is 0 Å². The van der Waals surface area contributed by atoms with Crippen molar-refractivity contribution in [3.05, 3.63) is 11.9 Å². The van der Waals surface area contributed by atoms with Crippen molar-refractivity contribution in [1.82, 2.24) is 9.78 Å². The van der Waals surface area contributed by atoms with Gasteiger partial charge in [-0.1, -0.05) is 6.92 Å². The Morgan fingerprint density at radius 2 is 2.20 bits per heavy atom. The maximum absolute atomic E-state index is 10.4. The van der Waals surface area contributed by atoms with Crippen LogP contribution in [0.1, 0.15) is 19.0 Å². The molecule has 0 fully saturated rings. The second kappa shape index (κ2) is 4.63. The minimum absolute atomic E-state index is 0.222. The first kappa shape index (κ1) is 12.0. The zero-order chi connectivity index (χ0) is 11.5. The summed E-state index contributed by atoms with van der Waals surface area (Å²) in [5.74, 6) is 0.582. The fourth-order valence-electron chi connectivity index (χ4n) is 1.67. The highest BCUT2D eigenvalue weighted by Crippen LogP contribution is 2.32. The molecule has 1 rings (SSSR count). The van der Waals surface area contributed by atoms with Gasteiger partial charge in [0.1, 0.15) is 11.3 Å². The van der Waals surface area contributed by atoms with Gasteiger partial charge in [0, 0.05) is 14.2 Å². The van der Waals surface area contributed by atoms with Crippen LogP contribution >= 0.6 is 0 Å². The maximum Gasteiger partial charge on any atom is 0.163 e. The third-order valence-corrected chi connectivity index (χ3v) is 2.53. The van der Waals surface area contributed by atoms with Crippen LogP contribution in [0.5, 0.6) is 5.75 Å². The topological polar surface area (TPSA) is 56.5 Å². The number of hydrogen-bond donors (Lipinski definition) is 1. The van der Waals surface area contributed by atoms with Crippen LogP contribution in [0, 0.1) is 0 Å². The molecule has 5 heteroatoms. The maximum atomic E-state index is 10.4. The average molecular weight is 214 g/mol. The monoisotopic (exact) mass is 214 g/mol. The normalized spacial score (nSPS) is 15.0. The number of ether oxygens (including phenoxy) is 2. The molecule has 5 nitrogen and oxygen atoms in total. The second-order valence-electron chi connectivity index (χ2n) is 3.50. The SMILES string of the molecule is CCC(O)(COC)c1c(OC)cnn1C. The molecule has 0 spiro atoms. The van der Waals surface area contributed by atoms with Crippen molar-refractivity contribution in [2.24, 2.45) is 7.05 Å². The van der Waals surface area contributed by atoms with Crippen LogP contribution in [0.3, 0.4) is 0 Å². The first-order chi connectivity index (χ1) is 7.09. The van der Waals surface area contributed by atoms with E-state index in [1.54, 1.807) is 32.1 Å². The van der Waals surface area contributed by atoms with Gasteiger partial charge in [-0.2, -0.15) is 5.10 Å². The van der Waals surface area contributed by atoms with E-state index in [4.69, 9.17) is 9.47 Å². The van der Waals surface area contributed by atoms with Gasteiger partial charge >= 0.3 is 0 Å². The highest BCUT2D eigenvalue weighted by molar-refractivity contribution is 5.30. The number of aliphatic hydroxyl groups is 1. The molecule has 1 aromatic heterocycles. The van der Waals surface area contributed by atoms with Crippen molar-refractivity contribution in [3.63, 3.8) is 0 Å². The molecule has 0 bridgehead atoms. The summed E-state index contributed by atoms with van der Waals surface area (Å²) in [5.41, 5.74) is -0.403. The number of aryl methyl sites for hydroxylation is 1. The molecule has 1 heterocycles. The third-order valence-electron chi connectivity index (χ3n) is 2.53. The van der Waals surface area contributed by atoms with Gasteiger partial charge in [0.2, 0.25) is 0 Å². The molecule has 1 atom stereocenters. The molecular weight excluding hydrogens is 196 g/mol. The minimum Gasteiger partial charge on any atom is -0.493 e. The number of aromatic nitrogens is 2. The lowest BCUT2D eigenvalue weighted by atomic mass is 9.97. The van der Waals surface area contributed by atoms with Crippen LogP contribution < -0.4 is 4.74 Å². The Labute approximate surface area is 89.6 Å². The summed E-state index contributed by atoms with van der Waals surface area (Å²) < 4.78 is 11.8. The average Bonchev–Trinajstić information content (AvgIpc) is 2.60. The van der Waals surface area contributed by atoms with Gasteiger partial charge in [-0.3, -0.25) is 4.68 Å². The largest absolute Gasteiger partial charge is 0.493 e. The van der Waals surface area contributed by atoms with Gasteiger partial charge in [-0.25, -0.2) is 0 Å². The van der Waals surface area contributed by atoms with E-state index in [0.29, 0.717) is 17.9 Å². The zero-order valence-electron chi connectivity index (χ0n) is 9.65. The molecule has 15 heavy (non-hydrogen) atoms. The predicted molar refractivity (Wildman–Crippen MR) is 55.8 cm³/mol. The van der Waals surface area contributed by atoms with Crippen LogP contribution in [-0.2, 0) is 17.4 Å². The van der Waals surface area contributed by atoms with Gasteiger partial charge in [-0.15, -0.1) is 0 Å². The van der Waals surface area contributed by atoms with Gasteiger partial charge in [-0.05, 0) is 6.42 Å². The van der Waals surface area contributed by atoms with Gasteiger partial charge in [0.05, 0.1) is 19.9 Å². The second-order valence-corrected chi connectivity index (χ2v) is 3.50. The van der Waals surface area contributed by atoms with E-state index in [1.165, 1.54) is 0 Å².